The molecule has 0 aliphatic rings. The highest BCUT2D eigenvalue weighted by atomic mass is 16.1. The van der Waals surface area contributed by atoms with Crippen LogP contribution in [-0.2, 0) is 6.42 Å². The molecular weight excluding hydrogens is 274 g/mol. The van der Waals surface area contributed by atoms with Gasteiger partial charge in [-0.25, -0.2) is 4.98 Å². The van der Waals surface area contributed by atoms with E-state index >= 15 is 0 Å². The van der Waals surface area contributed by atoms with Crippen LogP contribution in [0.5, 0.6) is 0 Å². The zero-order valence-corrected chi connectivity index (χ0v) is 12.2. The van der Waals surface area contributed by atoms with Crippen LogP contribution in [0.1, 0.15) is 17.1 Å². The van der Waals surface area contributed by atoms with Crippen LogP contribution in [0.15, 0.2) is 53.3 Å². The molecule has 4 aromatic rings. The Morgan fingerprint density at radius 3 is 2.50 bits per heavy atom. The van der Waals surface area contributed by atoms with Gasteiger partial charge in [0.05, 0.1) is 11.0 Å². The summed E-state index contributed by atoms with van der Waals surface area (Å²) in [5.74, 6) is 0.810. The molecule has 22 heavy (non-hydrogen) atoms. The highest BCUT2D eigenvalue weighted by Gasteiger charge is 2.12. The molecule has 0 saturated heterocycles. The number of aryl methyl sites for hydroxylation is 1. The van der Waals surface area contributed by atoms with Gasteiger partial charge in [-0.05, 0) is 31.2 Å². The summed E-state index contributed by atoms with van der Waals surface area (Å²) in [7, 11) is 0. The molecule has 0 aliphatic carbocycles. The average Bonchev–Trinajstić information content (AvgIpc) is 2.94. The maximum Gasteiger partial charge on any atom is 0.193 e. The molecule has 0 aliphatic heterocycles. The van der Waals surface area contributed by atoms with Crippen LogP contribution in [0, 0.1) is 6.92 Å². The van der Waals surface area contributed by atoms with Crippen LogP contribution >= 0.6 is 0 Å². The van der Waals surface area contributed by atoms with Gasteiger partial charge in [0.2, 0.25) is 0 Å². The van der Waals surface area contributed by atoms with Crippen LogP contribution < -0.4 is 5.43 Å². The SMILES string of the molecule is Cc1[nH]c2ccccc2c(=O)c1Cc1nc2ccccc2[nH]1. The molecule has 108 valence electrons. The molecule has 4 rings (SSSR count). The van der Waals surface area contributed by atoms with Crippen LogP contribution in [0.3, 0.4) is 0 Å². The van der Waals surface area contributed by atoms with E-state index in [4.69, 9.17) is 0 Å². The summed E-state index contributed by atoms with van der Waals surface area (Å²) in [6.07, 6.45) is 0.501. The minimum Gasteiger partial charge on any atom is -0.358 e. The van der Waals surface area contributed by atoms with Gasteiger partial charge in [0, 0.05) is 28.6 Å². The van der Waals surface area contributed by atoms with E-state index in [1.807, 2.05) is 55.5 Å². The second-order valence-corrected chi connectivity index (χ2v) is 5.48. The first-order valence-corrected chi connectivity index (χ1v) is 7.26. The fourth-order valence-electron chi connectivity index (χ4n) is 2.87. The Morgan fingerprint density at radius 1 is 0.955 bits per heavy atom. The standard InChI is InChI=1S/C18H15N3O/c1-11-13(18(22)12-6-2-3-7-14(12)19-11)10-17-20-15-8-4-5-9-16(15)21-17/h2-9H,10H2,1H3,(H,19,22)(H,20,21). The molecule has 0 radical (unpaired) electrons. The zero-order chi connectivity index (χ0) is 15.1. The topological polar surface area (TPSA) is 61.5 Å². The van der Waals surface area contributed by atoms with Gasteiger partial charge in [0.15, 0.2) is 5.43 Å². The molecular formula is C18H15N3O. The Kier molecular flexibility index (Phi) is 2.82. The van der Waals surface area contributed by atoms with E-state index in [0.29, 0.717) is 6.42 Å². The summed E-state index contributed by atoms with van der Waals surface area (Å²) in [5, 5.41) is 0.721. The van der Waals surface area contributed by atoms with E-state index in [-0.39, 0.29) is 5.43 Å². The molecule has 0 atom stereocenters. The van der Waals surface area contributed by atoms with Crippen molar-refractivity contribution in [2.24, 2.45) is 0 Å². The largest absolute Gasteiger partial charge is 0.358 e. The summed E-state index contributed by atoms with van der Waals surface area (Å²) in [4.78, 5) is 23.9. The smallest absolute Gasteiger partial charge is 0.193 e. The Balaban J connectivity index is 1.85. The molecule has 0 amide bonds. The Hall–Kier alpha value is -2.88. The van der Waals surface area contributed by atoms with Crippen molar-refractivity contribution >= 4 is 21.9 Å². The summed E-state index contributed by atoms with van der Waals surface area (Å²) in [6, 6.07) is 15.5. The zero-order valence-electron chi connectivity index (χ0n) is 12.2. The molecule has 2 N–H and O–H groups in total. The maximum absolute atomic E-state index is 12.7. The third-order valence-corrected chi connectivity index (χ3v) is 4.00. The molecule has 0 bridgehead atoms. The summed E-state index contributed by atoms with van der Waals surface area (Å²) < 4.78 is 0. The van der Waals surface area contributed by atoms with Gasteiger partial charge < -0.3 is 9.97 Å². The molecule has 0 saturated carbocycles. The van der Waals surface area contributed by atoms with Gasteiger partial charge >= 0.3 is 0 Å². The average molecular weight is 289 g/mol. The minimum absolute atomic E-state index is 0.0762. The number of nitrogens with zero attached hydrogens (tertiary/aromatic N) is 1. The molecule has 4 nitrogen and oxygen atoms in total. The lowest BCUT2D eigenvalue weighted by Gasteiger charge is -2.06. The number of H-pyrrole nitrogens is 2. The van der Waals surface area contributed by atoms with Crippen LogP contribution in [0.4, 0.5) is 0 Å². The van der Waals surface area contributed by atoms with Crippen molar-refractivity contribution in [3.05, 3.63) is 75.8 Å². The molecule has 0 spiro atoms. The normalized spacial score (nSPS) is 11.3. The number of fused-ring (bicyclic) bond motifs is 2. The Labute approximate surface area is 126 Å². The van der Waals surface area contributed by atoms with Crippen molar-refractivity contribution in [1.82, 2.24) is 15.0 Å². The Morgan fingerprint density at radius 2 is 1.68 bits per heavy atom. The van der Waals surface area contributed by atoms with Gasteiger partial charge in [0.25, 0.3) is 0 Å². The predicted molar refractivity (Wildman–Crippen MR) is 88.2 cm³/mol. The molecule has 0 fully saturated rings. The van der Waals surface area contributed by atoms with Crippen molar-refractivity contribution in [3.8, 4) is 0 Å². The number of para-hydroxylation sites is 3. The third-order valence-electron chi connectivity index (χ3n) is 4.00. The van der Waals surface area contributed by atoms with Gasteiger partial charge in [-0.2, -0.15) is 0 Å². The number of benzene rings is 2. The number of hydrogen-bond donors (Lipinski definition) is 2. The molecule has 2 heterocycles. The molecule has 2 aromatic carbocycles. The van der Waals surface area contributed by atoms with Crippen molar-refractivity contribution in [3.63, 3.8) is 0 Å². The van der Waals surface area contributed by atoms with Crippen LogP contribution in [-0.4, -0.2) is 15.0 Å². The van der Waals surface area contributed by atoms with Crippen molar-refractivity contribution in [2.45, 2.75) is 13.3 Å². The van der Waals surface area contributed by atoms with Crippen molar-refractivity contribution < 1.29 is 0 Å². The third kappa shape index (κ3) is 2.00. The monoisotopic (exact) mass is 289 g/mol. The fraction of sp³-hybridized carbons (Fsp3) is 0.111. The fourth-order valence-corrected chi connectivity index (χ4v) is 2.87. The lowest BCUT2D eigenvalue weighted by atomic mass is 10.1. The first-order valence-electron chi connectivity index (χ1n) is 7.26. The number of imidazole rings is 1. The maximum atomic E-state index is 12.7. The van der Waals surface area contributed by atoms with E-state index in [2.05, 4.69) is 15.0 Å². The molecule has 2 aromatic heterocycles. The number of pyridine rings is 1. The lowest BCUT2D eigenvalue weighted by molar-refractivity contribution is 0.998. The highest BCUT2D eigenvalue weighted by Crippen LogP contribution is 2.16. The summed E-state index contributed by atoms with van der Waals surface area (Å²) in [5.41, 5.74) is 4.52. The number of rotatable bonds is 2. The second-order valence-electron chi connectivity index (χ2n) is 5.48. The molecule has 4 heteroatoms. The summed E-state index contributed by atoms with van der Waals surface area (Å²) in [6.45, 7) is 1.94. The van der Waals surface area contributed by atoms with E-state index < -0.39 is 0 Å². The van der Waals surface area contributed by atoms with Crippen molar-refractivity contribution in [2.75, 3.05) is 0 Å². The van der Waals surface area contributed by atoms with E-state index in [0.717, 1.165) is 39.0 Å². The lowest BCUT2D eigenvalue weighted by Crippen LogP contribution is -2.14. The van der Waals surface area contributed by atoms with Gasteiger partial charge in [0.1, 0.15) is 5.82 Å². The minimum atomic E-state index is 0.0762. The first-order chi connectivity index (χ1) is 10.7. The van der Waals surface area contributed by atoms with E-state index in [1.54, 1.807) is 0 Å². The quantitative estimate of drug-likeness (QED) is 0.594. The predicted octanol–water partition coefficient (Wildman–Crippen LogP) is 3.30. The van der Waals surface area contributed by atoms with Crippen molar-refractivity contribution in [1.29, 1.82) is 0 Å². The first kappa shape index (κ1) is 12.8. The number of nitrogens with one attached hydrogen (secondary N) is 2. The number of hydrogen-bond acceptors (Lipinski definition) is 2. The van der Waals surface area contributed by atoms with Gasteiger partial charge in [-0.3, -0.25) is 4.79 Å². The van der Waals surface area contributed by atoms with Crippen LogP contribution in [0.2, 0.25) is 0 Å². The van der Waals surface area contributed by atoms with E-state index in [1.165, 1.54) is 0 Å². The second kappa shape index (κ2) is 4.84. The number of aromatic nitrogens is 3. The highest BCUT2D eigenvalue weighted by molar-refractivity contribution is 5.79. The summed E-state index contributed by atoms with van der Waals surface area (Å²) >= 11 is 0. The van der Waals surface area contributed by atoms with Crippen LogP contribution in [0.25, 0.3) is 21.9 Å². The van der Waals surface area contributed by atoms with E-state index in [9.17, 15) is 4.79 Å². The van der Waals surface area contributed by atoms with Gasteiger partial charge in [-0.15, -0.1) is 0 Å². The van der Waals surface area contributed by atoms with Gasteiger partial charge in [-0.1, -0.05) is 24.3 Å². The Bertz CT molecular complexity index is 1010. The number of aromatic amines is 2. The molecule has 0 unspecified atom stereocenters.